The van der Waals surface area contributed by atoms with Crippen LogP contribution < -0.4 is 18.9 Å². The van der Waals surface area contributed by atoms with E-state index in [0.29, 0.717) is 46.3 Å². The maximum Gasteiger partial charge on any atom is 0.239 e. The first-order valence-electron chi connectivity index (χ1n) is 9.06. The summed E-state index contributed by atoms with van der Waals surface area (Å²) in [6, 6.07) is 22.6. The number of rotatable bonds is 4. The first-order valence-corrected chi connectivity index (χ1v) is 9.44. The molecular weight excluding hydrogens is 390 g/mol. The van der Waals surface area contributed by atoms with E-state index in [2.05, 4.69) is 0 Å². The monoisotopic (exact) mass is 405 g/mol. The third-order valence-electron chi connectivity index (χ3n) is 4.52. The molecule has 2 aliphatic heterocycles. The number of hydrogen-bond acceptors (Lipinski definition) is 5. The minimum atomic E-state index is 0.397. The summed E-state index contributed by atoms with van der Waals surface area (Å²) in [5.74, 6) is 3.44. The SMILES string of the molecule is Clc1ccccc1CN(C1=COc2ccccc2O1)C1=COc2ccccc2O1. The molecule has 0 saturated carbocycles. The highest BCUT2D eigenvalue weighted by molar-refractivity contribution is 6.31. The van der Waals surface area contributed by atoms with Crippen molar-refractivity contribution < 1.29 is 18.9 Å². The molecule has 0 aliphatic carbocycles. The molecule has 0 atom stereocenters. The van der Waals surface area contributed by atoms with Crippen molar-refractivity contribution in [3.63, 3.8) is 0 Å². The summed E-state index contributed by atoms with van der Waals surface area (Å²) in [6.07, 6.45) is 3.09. The van der Waals surface area contributed by atoms with Crippen LogP contribution in [0.15, 0.2) is 97.1 Å². The molecule has 29 heavy (non-hydrogen) atoms. The van der Waals surface area contributed by atoms with Crippen LogP contribution in [0.2, 0.25) is 5.02 Å². The summed E-state index contributed by atoms with van der Waals surface area (Å²) in [5, 5.41) is 0.646. The Balaban J connectivity index is 1.50. The lowest BCUT2D eigenvalue weighted by atomic mass is 10.2. The zero-order valence-electron chi connectivity index (χ0n) is 15.2. The van der Waals surface area contributed by atoms with E-state index >= 15 is 0 Å². The van der Waals surface area contributed by atoms with E-state index in [9.17, 15) is 0 Å². The average molecular weight is 406 g/mol. The summed E-state index contributed by atoms with van der Waals surface area (Å²) >= 11 is 6.40. The maximum atomic E-state index is 6.40. The van der Waals surface area contributed by atoms with Crippen molar-refractivity contribution in [2.45, 2.75) is 6.54 Å². The molecule has 144 valence electrons. The van der Waals surface area contributed by atoms with E-state index in [1.807, 2.05) is 77.7 Å². The standard InChI is InChI=1S/C23H16ClNO4/c24-17-8-2-1-7-16(17)13-25(22-14-26-18-9-3-5-11-20(18)28-22)23-15-27-19-10-4-6-12-21(19)29-23/h1-12,14-15H,13H2. The second-order valence-corrected chi connectivity index (χ2v) is 6.83. The molecule has 0 spiro atoms. The van der Waals surface area contributed by atoms with Crippen molar-refractivity contribution in [2.75, 3.05) is 0 Å². The molecule has 0 unspecified atom stereocenters. The van der Waals surface area contributed by atoms with Crippen LogP contribution in [0.5, 0.6) is 23.0 Å². The van der Waals surface area contributed by atoms with Gasteiger partial charge in [0.05, 0.1) is 6.54 Å². The van der Waals surface area contributed by atoms with Crippen LogP contribution in [-0.2, 0) is 6.54 Å². The van der Waals surface area contributed by atoms with Gasteiger partial charge in [0, 0.05) is 5.02 Å². The normalized spacial score (nSPS) is 14.0. The number of nitrogens with zero attached hydrogens (tertiary/aromatic N) is 1. The molecule has 0 N–H and O–H groups in total. The third-order valence-corrected chi connectivity index (χ3v) is 4.89. The van der Waals surface area contributed by atoms with Gasteiger partial charge < -0.3 is 18.9 Å². The van der Waals surface area contributed by atoms with Crippen LogP contribution >= 0.6 is 11.6 Å². The van der Waals surface area contributed by atoms with Gasteiger partial charge in [-0.2, -0.15) is 0 Å². The van der Waals surface area contributed by atoms with Gasteiger partial charge >= 0.3 is 0 Å². The Labute approximate surface area is 172 Å². The molecule has 3 aromatic rings. The molecule has 0 fully saturated rings. The van der Waals surface area contributed by atoms with Crippen molar-refractivity contribution >= 4 is 11.6 Å². The van der Waals surface area contributed by atoms with E-state index in [1.54, 1.807) is 12.5 Å². The van der Waals surface area contributed by atoms with E-state index in [0.717, 1.165) is 5.56 Å². The Morgan fingerprint density at radius 2 is 1.10 bits per heavy atom. The second kappa shape index (κ2) is 7.45. The predicted octanol–water partition coefficient (Wildman–Crippen LogP) is 5.68. The van der Waals surface area contributed by atoms with Crippen molar-refractivity contribution in [1.29, 1.82) is 0 Å². The van der Waals surface area contributed by atoms with Crippen LogP contribution in [0.3, 0.4) is 0 Å². The number of ether oxygens (including phenoxy) is 4. The molecule has 3 aromatic carbocycles. The lowest BCUT2D eigenvalue weighted by Gasteiger charge is -2.31. The fourth-order valence-electron chi connectivity index (χ4n) is 3.06. The number of halogens is 1. The highest BCUT2D eigenvalue weighted by Gasteiger charge is 2.27. The van der Waals surface area contributed by atoms with Gasteiger partial charge in [0.2, 0.25) is 11.8 Å². The van der Waals surface area contributed by atoms with E-state index in [-0.39, 0.29) is 0 Å². The fraction of sp³-hybridized carbons (Fsp3) is 0.0435. The van der Waals surface area contributed by atoms with E-state index < -0.39 is 0 Å². The van der Waals surface area contributed by atoms with Gasteiger partial charge in [-0.1, -0.05) is 54.1 Å². The molecule has 0 bridgehead atoms. The molecule has 2 aliphatic rings. The molecule has 5 rings (SSSR count). The van der Waals surface area contributed by atoms with Crippen LogP contribution in [0, 0.1) is 0 Å². The van der Waals surface area contributed by atoms with Gasteiger partial charge in [-0.05, 0) is 35.9 Å². The predicted molar refractivity (Wildman–Crippen MR) is 109 cm³/mol. The molecule has 0 aromatic heterocycles. The summed E-state index contributed by atoms with van der Waals surface area (Å²) < 4.78 is 23.7. The van der Waals surface area contributed by atoms with E-state index in [1.165, 1.54) is 0 Å². The zero-order chi connectivity index (χ0) is 19.6. The average Bonchev–Trinajstić information content (AvgIpc) is 2.78. The van der Waals surface area contributed by atoms with Gasteiger partial charge in [0.1, 0.15) is 0 Å². The molecule has 5 nitrogen and oxygen atoms in total. The van der Waals surface area contributed by atoms with Crippen LogP contribution in [0.1, 0.15) is 5.56 Å². The minimum Gasteiger partial charge on any atom is -0.455 e. The van der Waals surface area contributed by atoms with Gasteiger partial charge in [0.25, 0.3) is 0 Å². The molecular formula is C23H16ClNO4. The topological polar surface area (TPSA) is 40.2 Å². The maximum absolute atomic E-state index is 6.40. The van der Waals surface area contributed by atoms with Crippen LogP contribution in [0.4, 0.5) is 0 Å². The van der Waals surface area contributed by atoms with Crippen LogP contribution in [-0.4, -0.2) is 4.90 Å². The highest BCUT2D eigenvalue weighted by Crippen LogP contribution is 2.38. The van der Waals surface area contributed by atoms with E-state index in [4.69, 9.17) is 30.5 Å². The molecule has 0 amide bonds. The first-order chi connectivity index (χ1) is 14.3. The summed E-state index contributed by atoms with van der Waals surface area (Å²) in [6.45, 7) is 0.397. The lowest BCUT2D eigenvalue weighted by Crippen LogP contribution is -2.31. The van der Waals surface area contributed by atoms with Crippen LogP contribution in [0.25, 0.3) is 0 Å². The summed E-state index contributed by atoms with van der Waals surface area (Å²) in [4.78, 5) is 1.81. The summed E-state index contributed by atoms with van der Waals surface area (Å²) in [7, 11) is 0. The zero-order valence-corrected chi connectivity index (χ0v) is 16.0. The van der Waals surface area contributed by atoms with Gasteiger partial charge in [0.15, 0.2) is 35.5 Å². The number of fused-ring (bicyclic) bond motifs is 2. The quantitative estimate of drug-likeness (QED) is 0.558. The van der Waals surface area contributed by atoms with Crippen molar-refractivity contribution in [2.24, 2.45) is 0 Å². The molecule has 0 saturated heterocycles. The van der Waals surface area contributed by atoms with Crippen molar-refractivity contribution in [3.05, 3.63) is 108 Å². The number of benzene rings is 3. The van der Waals surface area contributed by atoms with Gasteiger partial charge in [-0.25, -0.2) is 0 Å². The van der Waals surface area contributed by atoms with Crippen molar-refractivity contribution in [3.8, 4) is 23.0 Å². The first kappa shape index (κ1) is 17.5. The number of para-hydroxylation sites is 4. The Morgan fingerprint density at radius 1 is 0.621 bits per heavy atom. The van der Waals surface area contributed by atoms with Crippen molar-refractivity contribution in [1.82, 2.24) is 4.90 Å². The second-order valence-electron chi connectivity index (χ2n) is 6.42. The third kappa shape index (κ3) is 3.48. The van der Waals surface area contributed by atoms with Gasteiger partial charge in [-0.15, -0.1) is 0 Å². The fourth-order valence-corrected chi connectivity index (χ4v) is 3.26. The summed E-state index contributed by atoms with van der Waals surface area (Å²) in [5.41, 5.74) is 0.904. The van der Waals surface area contributed by atoms with Gasteiger partial charge in [-0.3, -0.25) is 4.90 Å². The highest BCUT2D eigenvalue weighted by atomic mass is 35.5. The Hall–Kier alpha value is -3.57. The molecule has 2 heterocycles. The largest absolute Gasteiger partial charge is 0.455 e. The Kier molecular flexibility index (Phi) is 4.50. The molecule has 6 heteroatoms. The smallest absolute Gasteiger partial charge is 0.239 e. The Bertz CT molecular complexity index is 1060. The Morgan fingerprint density at radius 3 is 1.66 bits per heavy atom. The minimum absolute atomic E-state index is 0.397. The molecule has 0 radical (unpaired) electrons. The lowest BCUT2D eigenvalue weighted by molar-refractivity contribution is 0.139. The number of hydrogen-bond donors (Lipinski definition) is 0.